The lowest BCUT2D eigenvalue weighted by Crippen LogP contribution is -2.14. The second kappa shape index (κ2) is 5.88. The zero-order valence-corrected chi connectivity index (χ0v) is 12.0. The number of carbonyl (C=O) groups excluding carboxylic acids is 1. The summed E-state index contributed by atoms with van der Waals surface area (Å²) in [7, 11) is 0. The van der Waals surface area contributed by atoms with Crippen LogP contribution in [0.5, 0.6) is 0 Å². The van der Waals surface area contributed by atoms with E-state index in [1.165, 1.54) is 18.2 Å². The molecule has 0 saturated heterocycles. The molecule has 8 nitrogen and oxygen atoms in total. The Bertz CT molecular complexity index is 698. The third kappa shape index (κ3) is 3.34. The van der Waals surface area contributed by atoms with Crippen molar-refractivity contribution in [3.05, 3.63) is 45.0 Å². The van der Waals surface area contributed by atoms with E-state index in [4.69, 9.17) is 11.6 Å². The van der Waals surface area contributed by atoms with E-state index in [1.807, 2.05) is 13.8 Å². The van der Waals surface area contributed by atoms with Crippen molar-refractivity contribution in [3.8, 4) is 0 Å². The van der Waals surface area contributed by atoms with E-state index >= 15 is 0 Å². The van der Waals surface area contributed by atoms with Crippen LogP contribution in [0.2, 0.25) is 5.02 Å². The second-order valence-electron chi connectivity index (χ2n) is 4.58. The molecule has 9 heteroatoms. The van der Waals surface area contributed by atoms with Crippen molar-refractivity contribution in [2.45, 2.75) is 19.8 Å². The molecule has 2 rings (SSSR count). The van der Waals surface area contributed by atoms with Crippen LogP contribution >= 0.6 is 11.6 Å². The van der Waals surface area contributed by atoms with Crippen molar-refractivity contribution in [2.24, 2.45) is 0 Å². The van der Waals surface area contributed by atoms with Crippen LogP contribution in [-0.2, 0) is 0 Å². The third-order valence-corrected chi connectivity index (χ3v) is 2.97. The Kier molecular flexibility index (Phi) is 4.18. The number of nitro groups is 1. The van der Waals surface area contributed by atoms with Gasteiger partial charge in [-0.2, -0.15) is 0 Å². The van der Waals surface area contributed by atoms with Gasteiger partial charge in [-0.05, 0) is 12.1 Å². The molecule has 21 heavy (non-hydrogen) atoms. The van der Waals surface area contributed by atoms with E-state index in [1.54, 1.807) is 0 Å². The monoisotopic (exact) mass is 309 g/mol. The molecule has 0 radical (unpaired) electrons. The van der Waals surface area contributed by atoms with Gasteiger partial charge in [0.15, 0.2) is 0 Å². The molecule has 2 aromatic rings. The number of anilines is 1. The molecule has 0 saturated carbocycles. The summed E-state index contributed by atoms with van der Waals surface area (Å²) < 4.78 is 0. The highest BCUT2D eigenvalue weighted by molar-refractivity contribution is 6.32. The van der Waals surface area contributed by atoms with Crippen LogP contribution < -0.4 is 5.32 Å². The molecule has 0 aliphatic rings. The predicted octanol–water partition coefficient (Wildman–Crippen LogP) is 2.74. The molecule has 0 aliphatic carbocycles. The van der Waals surface area contributed by atoms with Gasteiger partial charge in [-0.1, -0.05) is 25.4 Å². The summed E-state index contributed by atoms with van der Waals surface area (Å²) in [6.45, 7) is 3.81. The predicted molar refractivity (Wildman–Crippen MR) is 76.5 cm³/mol. The quantitative estimate of drug-likeness (QED) is 0.665. The van der Waals surface area contributed by atoms with E-state index in [9.17, 15) is 14.9 Å². The van der Waals surface area contributed by atoms with E-state index in [2.05, 4.69) is 20.5 Å². The summed E-state index contributed by atoms with van der Waals surface area (Å²) in [6, 6.07) is 3.98. The molecule has 0 bridgehead atoms. The van der Waals surface area contributed by atoms with E-state index in [0.29, 0.717) is 5.82 Å². The van der Waals surface area contributed by atoms with Crippen LogP contribution in [0.4, 0.5) is 11.4 Å². The van der Waals surface area contributed by atoms with Crippen LogP contribution in [0.3, 0.4) is 0 Å². The van der Waals surface area contributed by atoms with Gasteiger partial charge in [0.1, 0.15) is 10.8 Å². The first-order valence-corrected chi connectivity index (χ1v) is 6.44. The minimum absolute atomic E-state index is 0.00186. The van der Waals surface area contributed by atoms with E-state index < -0.39 is 10.8 Å². The fourth-order valence-electron chi connectivity index (χ4n) is 1.55. The number of carbonyl (C=O) groups is 1. The van der Waals surface area contributed by atoms with Gasteiger partial charge >= 0.3 is 0 Å². The van der Waals surface area contributed by atoms with Crippen molar-refractivity contribution in [3.63, 3.8) is 0 Å². The number of nitro benzene ring substituents is 1. The van der Waals surface area contributed by atoms with E-state index in [-0.39, 0.29) is 28.1 Å². The minimum Gasteiger partial charge on any atom is -0.319 e. The fourth-order valence-corrected chi connectivity index (χ4v) is 1.74. The molecule has 1 amide bonds. The van der Waals surface area contributed by atoms with Crippen LogP contribution in [-0.4, -0.2) is 26.0 Å². The molecular formula is C12H12ClN5O3. The maximum absolute atomic E-state index is 12.0. The highest BCUT2D eigenvalue weighted by Crippen LogP contribution is 2.27. The van der Waals surface area contributed by atoms with Gasteiger partial charge < -0.3 is 5.32 Å². The van der Waals surface area contributed by atoms with Crippen molar-refractivity contribution in [1.29, 1.82) is 0 Å². The molecule has 0 aliphatic heterocycles. The Labute approximate surface area is 124 Å². The smallest absolute Gasteiger partial charge is 0.295 e. The summed E-state index contributed by atoms with van der Waals surface area (Å²) in [4.78, 5) is 26.2. The number of halogens is 1. The molecule has 2 N–H and O–H groups in total. The van der Waals surface area contributed by atoms with Crippen LogP contribution in [0.15, 0.2) is 18.2 Å². The van der Waals surface area contributed by atoms with Crippen LogP contribution in [0, 0.1) is 10.1 Å². The summed E-state index contributed by atoms with van der Waals surface area (Å²) in [5.74, 6) is 0.101. The average molecular weight is 310 g/mol. The normalized spacial score (nSPS) is 10.7. The average Bonchev–Trinajstić information content (AvgIpc) is 2.90. The highest BCUT2D eigenvalue weighted by Gasteiger charge is 2.17. The Morgan fingerprint density at radius 1 is 1.48 bits per heavy atom. The Balaban J connectivity index is 2.19. The van der Waals surface area contributed by atoms with Gasteiger partial charge in [0, 0.05) is 17.7 Å². The lowest BCUT2D eigenvalue weighted by molar-refractivity contribution is -0.384. The lowest BCUT2D eigenvalue weighted by atomic mass is 10.2. The molecule has 0 unspecified atom stereocenters. The number of aromatic amines is 1. The maximum atomic E-state index is 12.0. The zero-order chi connectivity index (χ0) is 15.6. The summed E-state index contributed by atoms with van der Waals surface area (Å²) in [5, 5.41) is 19.7. The first kappa shape index (κ1) is 14.9. The number of aromatic nitrogens is 3. The Morgan fingerprint density at radius 3 is 2.76 bits per heavy atom. The summed E-state index contributed by atoms with van der Waals surface area (Å²) in [6.07, 6.45) is 0. The fraction of sp³-hybridized carbons (Fsp3) is 0.250. The number of benzene rings is 1. The number of amides is 1. The number of nitrogens with one attached hydrogen (secondary N) is 2. The van der Waals surface area contributed by atoms with Crippen molar-refractivity contribution >= 4 is 28.9 Å². The number of nitrogens with zero attached hydrogens (tertiary/aromatic N) is 3. The Hall–Kier alpha value is -2.48. The summed E-state index contributed by atoms with van der Waals surface area (Å²) in [5.41, 5.74) is -0.0423. The van der Waals surface area contributed by atoms with Crippen molar-refractivity contribution < 1.29 is 9.72 Å². The molecular weight excluding hydrogens is 298 g/mol. The second-order valence-corrected chi connectivity index (χ2v) is 4.98. The first-order chi connectivity index (χ1) is 9.88. The molecule has 1 heterocycles. The van der Waals surface area contributed by atoms with Gasteiger partial charge in [0.25, 0.3) is 11.6 Å². The molecule has 1 aromatic heterocycles. The third-order valence-electron chi connectivity index (χ3n) is 2.65. The van der Waals surface area contributed by atoms with Gasteiger partial charge in [-0.25, -0.2) is 4.98 Å². The number of hydrogen-bond acceptors (Lipinski definition) is 5. The molecule has 0 atom stereocenters. The van der Waals surface area contributed by atoms with E-state index in [0.717, 1.165) is 0 Å². The topological polar surface area (TPSA) is 114 Å². The van der Waals surface area contributed by atoms with Crippen molar-refractivity contribution in [2.75, 3.05) is 5.32 Å². The largest absolute Gasteiger partial charge is 0.319 e. The summed E-state index contributed by atoms with van der Waals surface area (Å²) >= 11 is 5.70. The lowest BCUT2D eigenvalue weighted by Gasteiger charge is -2.03. The number of hydrogen-bond donors (Lipinski definition) is 2. The van der Waals surface area contributed by atoms with Gasteiger partial charge in [-0.3, -0.25) is 20.0 Å². The van der Waals surface area contributed by atoms with Crippen LogP contribution in [0.25, 0.3) is 0 Å². The maximum Gasteiger partial charge on any atom is 0.295 e. The number of H-pyrrole nitrogens is 1. The van der Waals surface area contributed by atoms with Gasteiger partial charge in [0.2, 0.25) is 5.82 Å². The standard InChI is InChI=1S/C12H12ClN5O3/c1-6(2)10-15-11(17-16-10)12(19)14-7-3-4-8(13)9(5-7)18(20)21/h3-6H,1-2H3,(H,14,19)(H,15,16,17). The first-order valence-electron chi connectivity index (χ1n) is 6.06. The molecule has 0 fully saturated rings. The molecule has 110 valence electrons. The van der Waals surface area contributed by atoms with Crippen molar-refractivity contribution in [1.82, 2.24) is 15.2 Å². The minimum atomic E-state index is -0.623. The Morgan fingerprint density at radius 2 is 2.19 bits per heavy atom. The van der Waals surface area contributed by atoms with Crippen LogP contribution in [0.1, 0.15) is 36.2 Å². The van der Waals surface area contributed by atoms with Gasteiger partial charge in [0.05, 0.1) is 4.92 Å². The number of rotatable bonds is 4. The van der Waals surface area contributed by atoms with Gasteiger partial charge in [-0.15, -0.1) is 5.10 Å². The molecule has 0 spiro atoms. The molecule has 1 aromatic carbocycles. The highest BCUT2D eigenvalue weighted by atomic mass is 35.5. The zero-order valence-electron chi connectivity index (χ0n) is 11.3. The SMILES string of the molecule is CC(C)c1nc(C(=O)Nc2ccc(Cl)c([N+](=O)[O-])c2)n[nH]1.